The Kier molecular flexibility index (Phi) is 4.65. The van der Waals surface area contributed by atoms with Gasteiger partial charge in [0, 0.05) is 5.54 Å². The average Bonchev–Trinajstić information content (AvgIpc) is 2.53. The third kappa shape index (κ3) is 3.64. The molecule has 25 heavy (non-hydrogen) atoms. The van der Waals surface area contributed by atoms with Crippen molar-refractivity contribution in [3.05, 3.63) is 0 Å². The average molecular weight is 350 g/mol. The zero-order chi connectivity index (χ0) is 17.4. The van der Waals surface area contributed by atoms with E-state index in [1.807, 2.05) is 6.92 Å². The van der Waals surface area contributed by atoms with Crippen LogP contribution >= 0.6 is 0 Å². The Labute approximate surface area is 150 Å². The summed E-state index contributed by atoms with van der Waals surface area (Å²) in [6.07, 6.45) is 7.59. The van der Waals surface area contributed by atoms with E-state index >= 15 is 0 Å². The Morgan fingerprint density at radius 2 is 1.64 bits per heavy atom. The molecule has 4 bridgehead atoms. The topological polar surface area (TPSA) is 63.1 Å². The summed E-state index contributed by atoms with van der Waals surface area (Å²) in [5.41, 5.74) is 0.109. The number of carbonyl (C=O) groups excluding carboxylic acids is 2. The second-order valence-electron chi connectivity index (χ2n) is 8.86. The van der Waals surface area contributed by atoms with Crippen molar-refractivity contribution in [2.75, 3.05) is 39.3 Å². The molecule has 4 saturated carbocycles. The standard InChI is InChI=1S/C19H31N3O3/c1-2-25-18(24)22-5-3-21(4-6-22)13-17(23)20-19-10-14-7-15(11-19)9-16(8-14)12-19/h14-16H,2-13H2,1H3,(H,20,23)/p+1. The third-order valence-corrected chi connectivity index (χ3v) is 6.85. The van der Waals surface area contributed by atoms with Crippen LogP contribution in [0.5, 0.6) is 0 Å². The predicted molar refractivity (Wildman–Crippen MR) is 93.2 cm³/mol. The molecule has 5 aliphatic rings. The monoisotopic (exact) mass is 350 g/mol. The normalized spacial score (nSPS) is 37.2. The number of nitrogens with zero attached hydrogens (tertiary/aromatic N) is 1. The minimum absolute atomic E-state index is 0.109. The smallest absolute Gasteiger partial charge is 0.410 e. The number of quaternary nitrogens is 1. The summed E-state index contributed by atoms with van der Waals surface area (Å²) in [6.45, 7) is 5.80. The molecule has 5 rings (SSSR count). The van der Waals surface area contributed by atoms with Crippen molar-refractivity contribution >= 4 is 12.0 Å². The van der Waals surface area contributed by atoms with E-state index in [1.165, 1.54) is 43.4 Å². The van der Waals surface area contributed by atoms with Crippen molar-refractivity contribution in [1.82, 2.24) is 10.2 Å². The Morgan fingerprint density at radius 1 is 1.08 bits per heavy atom. The number of nitrogens with one attached hydrogen (secondary N) is 2. The fraction of sp³-hybridized carbons (Fsp3) is 0.895. The number of carbonyl (C=O) groups is 2. The van der Waals surface area contributed by atoms with Crippen LogP contribution < -0.4 is 10.2 Å². The molecule has 1 saturated heterocycles. The van der Waals surface area contributed by atoms with Crippen LogP contribution in [-0.4, -0.2) is 61.8 Å². The first-order valence-corrected chi connectivity index (χ1v) is 10.1. The van der Waals surface area contributed by atoms with Gasteiger partial charge in [0.2, 0.25) is 0 Å². The van der Waals surface area contributed by atoms with Gasteiger partial charge in [0.05, 0.1) is 32.8 Å². The summed E-state index contributed by atoms with van der Waals surface area (Å²) in [7, 11) is 0. The fourth-order valence-electron chi connectivity index (χ4n) is 6.23. The van der Waals surface area contributed by atoms with E-state index in [-0.39, 0.29) is 17.5 Å². The Bertz CT molecular complexity index is 493. The second kappa shape index (κ2) is 6.78. The minimum Gasteiger partial charge on any atom is -0.450 e. The molecule has 140 valence electrons. The molecule has 1 heterocycles. The van der Waals surface area contributed by atoms with Gasteiger partial charge in [-0.25, -0.2) is 4.79 Å². The lowest BCUT2D eigenvalue weighted by Crippen LogP contribution is -3.16. The van der Waals surface area contributed by atoms with Gasteiger partial charge in [-0.15, -0.1) is 0 Å². The highest BCUT2D eigenvalue weighted by atomic mass is 16.6. The highest BCUT2D eigenvalue weighted by Crippen LogP contribution is 2.55. The first kappa shape index (κ1) is 17.1. The summed E-state index contributed by atoms with van der Waals surface area (Å²) in [5, 5.41) is 3.46. The van der Waals surface area contributed by atoms with Gasteiger partial charge in [0.25, 0.3) is 5.91 Å². The minimum atomic E-state index is -0.223. The van der Waals surface area contributed by atoms with Crippen molar-refractivity contribution in [3.63, 3.8) is 0 Å². The number of hydrogen-bond acceptors (Lipinski definition) is 3. The van der Waals surface area contributed by atoms with E-state index in [2.05, 4.69) is 5.32 Å². The zero-order valence-electron chi connectivity index (χ0n) is 15.4. The summed E-state index contributed by atoms with van der Waals surface area (Å²) >= 11 is 0. The Balaban J connectivity index is 1.26. The van der Waals surface area contributed by atoms with Crippen molar-refractivity contribution < 1.29 is 19.2 Å². The van der Waals surface area contributed by atoms with Gasteiger partial charge in [-0.2, -0.15) is 0 Å². The Morgan fingerprint density at radius 3 is 2.16 bits per heavy atom. The van der Waals surface area contributed by atoms with Crippen LogP contribution in [0.3, 0.4) is 0 Å². The van der Waals surface area contributed by atoms with Crippen molar-refractivity contribution in [2.24, 2.45) is 17.8 Å². The summed E-state index contributed by atoms with van der Waals surface area (Å²) in [4.78, 5) is 27.5. The molecular weight excluding hydrogens is 318 g/mol. The van der Waals surface area contributed by atoms with Crippen LogP contribution in [0.25, 0.3) is 0 Å². The van der Waals surface area contributed by atoms with Gasteiger partial charge in [-0.1, -0.05) is 0 Å². The molecule has 4 aliphatic carbocycles. The molecular formula is C19H32N3O3+. The number of hydrogen-bond donors (Lipinski definition) is 2. The summed E-state index contributed by atoms with van der Waals surface area (Å²) < 4.78 is 5.06. The molecule has 1 aliphatic heterocycles. The molecule has 0 unspecified atom stereocenters. The lowest BCUT2D eigenvalue weighted by Gasteiger charge is -2.56. The first-order chi connectivity index (χ1) is 12.0. The maximum atomic E-state index is 12.7. The van der Waals surface area contributed by atoms with Crippen LogP contribution in [0.1, 0.15) is 45.4 Å². The molecule has 6 nitrogen and oxygen atoms in total. The molecule has 0 spiro atoms. The lowest BCUT2D eigenvalue weighted by molar-refractivity contribution is -0.896. The second-order valence-corrected chi connectivity index (χ2v) is 8.86. The molecule has 0 aromatic carbocycles. The van der Waals surface area contributed by atoms with Gasteiger partial charge in [-0.3, -0.25) is 9.69 Å². The van der Waals surface area contributed by atoms with Gasteiger partial charge < -0.3 is 15.0 Å². The predicted octanol–water partition coefficient (Wildman–Crippen LogP) is 0.428. The van der Waals surface area contributed by atoms with E-state index < -0.39 is 0 Å². The van der Waals surface area contributed by atoms with E-state index in [4.69, 9.17) is 4.74 Å². The number of piperazine rings is 1. The van der Waals surface area contributed by atoms with Crippen LogP contribution in [0.15, 0.2) is 0 Å². The SMILES string of the molecule is CCOC(=O)N1CC[NH+](CC(=O)NC23CC4CC(CC(C4)C2)C3)CC1. The van der Waals surface area contributed by atoms with E-state index in [9.17, 15) is 9.59 Å². The quantitative estimate of drug-likeness (QED) is 0.773. The van der Waals surface area contributed by atoms with Crippen LogP contribution in [0.2, 0.25) is 0 Å². The van der Waals surface area contributed by atoms with Crippen LogP contribution in [0.4, 0.5) is 4.79 Å². The van der Waals surface area contributed by atoms with E-state index in [1.54, 1.807) is 4.90 Å². The van der Waals surface area contributed by atoms with Crippen molar-refractivity contribution in [2.45, 2.75) is 51.0 Å². The van der Waals surface area contributed by atoms with E-state index in [0.717, 1.165) is 30.8 Å². The highest BCUT2D eigenvalue weighted by Gasteiger charge is 2.51. The number of ether oxygens (including phenoxy) is 1. The Hall–Kier alpha value is -1.30. The molecule has 0 radical (unpaired) electrons. The first-order valence-electron chi connectivity index (χ1n) is 10.1. The van der Waals surface area contributed by atoms with Crippen LogP contribution in [-0.2, 0) is 9.53 Å². The lowest BCUT2D eigenvalue weighted by atomic mass is 9.53. The summed E-state index contributed by atoms with van der Waals surface area (Å²) in [6, 6.07) is 0. The largest absolute Gasteiger partial charge is 0.450 e. The molecule has 6 heteroatoms. The third-order valence-electron chi connectivity index (χ3n) is 6.85. The fourth-order valence-corrected chi connectivity index (χ4v) is 6.23. The van der Waals surface area contributed by atoms with Gasteiger partial charge >= 0.3 is 6.09 Å². The molecule has 0 aromatic rings. The van der Waals surface area contributed by atoms with Gasteiger partial charge in [0.1, 0.15) is 0 Å². The van der Waals surface area contributed by atoms with E-state index in [0.29, 0.717) is 26.2 Å². The molecule has 0 atom stereocenters. The molecule has 5 fully saturated rings. The maximum absolute atomic E-state index is 12.7. The molecule has 0 aromatic heterocycles. The van der Waals surface area contributed by atoms with Gasteiger partial charge in [-0.05, 0) is 63.2 Å². The van der Waals surface area contributed by atoms with Crippen molar-refractivity contribution in [3.8, 4) is 0 Å². The molecule has 2 amide bonds. The van der Waals surface area contributed by atoms with Gasteiger partial charge in [0.15, 0.2) is 6.54 Å². The van der Waals surface area contributed by atoms with Crippen LogP contribution in [0, 0.1) is 17.8 Å². The zero-order valence-corrected chi connectivity index (χ0v) is 15.4. The van der Waals surface area contributed by atoms with Crippen molar-refractivity contribution in [1.29, 1.82) is 0 Å². The molecule has 2 N–H and O–H groups in total. The maximum Gasteiger partial charge on any atom is 0.410 e. The summed E-state index contributed by atoms with van der Waals surface area (Å²) in [5.74, 6) is 2.77. The number of amides is 2. The number of rotatable bonds is 4. The highest BCUT2D eigenvalue weighted by molar-refractivity contribution is 5.77.